The van der Waals surface area contributed by atoms with Crippen LogP contribution in [0.4, 0.5) is 0 Å². The van der Waals surface area contributed by atoms with Gasteiger partial charge in [-0.15, -0.1) is 0 Å². The van der Waals surface area contributed by atoms with Crippen LogP contribution in [0.15, 0.2) is 0 Å². The summed E-state index contributed by atoms with van der Waals surface area (Å²) < 4.78 is 0. The minimum absolute atomic E-state index is 0.0440. The summed E-state index contributed by atoms with van der Waals surface area (Å²) in [6, 6.07) is -0.203. The van der Waals surface area contributed by atoms with Crippen LogP contribution in [0.1, 0.15) is 53.4 Å². The van der Waals surface area contributed by atoms with Crippen LogP contribution in [0.3, 0.4) is 0 Å². The maximum atomic E-state index is 11.8. The van der Waals surface area contributed by atoms with E-state index < -0.39 is 0 Å². The lowest BCUT2D eigenvalue weighted by Crippen LogP contribution is -2.47. The second-order valence-corrected chi connectivity index (χ2v) is 5.11. The number of aliphatic hydroxyl groups excluding tert-OH is 1. The van der Waals surface area contributed by atoms with Gasteiger partial charge < -0.3 is 15.7 Å². The Balaban J connectivity index is 4.07. The Hall–Kier alpha value is -0.610. The summed E-state index contributed by atoms with van der Waals surface area (Å²) in [6.45, 7) is 9.71. The monoisotopic (exact) mass is 258 g/mol. The molecule has 0 saturated carbocycles. The molecule has 0 radical (unpaired) electrons. The van der Waals surface area contributed by atoms with Gasteiger partial charge in [-0.2, -0.15) is 0 Å². The van der Waals surface area contributed by atoms with Crippen LogP contribution in [0.2, 0.25) is 0 Å². The van der Waals surface area contributed by atoms with E-state index in [0.717, 1.165) is 32.2 Å². The molecule has 3 N–H and O–H groups in total. The molecule has 1 atom stereocenters. The molecule has 0 saturated heterocycles. The largest absolute Gasteiger partial charge is 0.396 e. The number of aliphatic hydroxyl groups is 1. The molecule has 4 nitrogen and oxygen atoms in total. The topological polar surface area (TPSA) is 61.4 Å². The molecule has 108 valence electrons. The van der Waals surface area contributed by atoms with Gasteiger partial charge in [-0.05, 0) is 26.2 Å². The fourth-order valence-electron chi connectivity index (χ4n) is 1.78. The Morgan fingerprint density at radius 3 is 2.33 bits per heavy atom. The first-order valence-corrected chi connectivity index (χ1v) is 7.17. The molecule has 0 aliphatic heterocycles. The van der Waals surface area contributed by atoms with Gasteiger partial charge in [0.15, 0.2) is 0 Å². The Morgan fingerprint density at radius 1 is 1.28 bits per heavy atom. The first-order chi connectivity index (χ1) is 8.55. The van der Waals surface area contributed by atoms with E-state index in [-0.39, 0.29) is 24.0 Å². The summed E-state index contributed by atoms with van der Waals surface area (Å²) in [5.41, 5.74) is -0.0992. The number of nitrogens with one attached hydrogen (secondary N) is 2. The lowest BCUT2D eigenvalue weighted by Gasteiger charge is -2.31. The highest BCUT2D eigenvalue weighted by atomic mass is 16.3. The molecule has 0 heterocycles. The van der Waals surface area contributed by atoms with Crippen molar-refractivity contribution in [2.45, 2.75) is 59.4 Å². The Kier molecular flexibility index (Phi) is 9.02. The van der Waals surface area contributed by atoms with E-state index in [0.29, 0.717) is 6.54 Å². The van der Waals surface area contributed by atoms with Crippen molar-refractivity contribution in [2.75, 3.05) is 19.7 Å². The van der Waals surface area contributed by atoms with Gasteiger partial charge in [-0.25, -0.2) is 0 Å². The zero-order valence-corrected chi connectivity index (χ0v) is 12.4. The van der Waals surface area contributed by atoms with Gasteiger partial charge in [0, 0.05) is 25.1 Å². The molecular formula is C14H30N2O2. The normalized spacial score (nSPS) is 13.4. The Bertz CT molecular complexity index is 220. The first-order valence-electron chi connectivity index (χ1n) is 7.17. The zero-order chi connectivity index (χ0) is 14.0. The molecule has 1 unspecified atom stereocenters. The van der Waals surface area contributed by atoms with Gasteiger partial charge in [0.05, 0.1) is 6.04 Å². The number of hydrogen-bond donors (Lipinski definition) is 3. The number of amides is 1. The summed E-state index contributed by atoms with van der Waals surface area (Å²) >= 11 is 0. The van der Waals surface area contributed by atoms with Gasteiger partial charge in [0.2, 0.25) is 5.91 Å². The van der Waals surface area contributed by atoms with Gasteiger partial charge in [0.1, 0.15) is 0 Å². The summed E-state index contributed by atoms with van der Waals surface area (Å²) in [5.74, 6) is 0.0440. The third kappa shape index (κ3) is 5.83. The van der Waals surface area contributed by atoms with Crippen molar-refractivity contribution in [1.82, 2.24) is 10.6 Å². The molecule has 18 heavy (non-hydrogen) atoms. The molecule has 0 fully saturated rings. The number of rotatable bonds is 10. The maximum Gasteiger partial charge on any atom is 0.236 e. The highest BCUT2D eigenvalue weighted by molar-refractivity contribution is 5.81. The van der Waals surface area contributed by atoms with Crippen molar-refractivity contribution >= 4 is 5.91 Å². The van der Waals surface area contributed by atoms with E-state index in [9.17, 15) is 9.90 Å². The summed E-state index contributed by atoms with van der Waals surface area (Å²) in [6.07, 6.45) is 3.93. The van der Waals surface area contributed by atoms with Crippen molar-refractivity contribution in [3.63, 3.8) is 0 Å². The third-order valence-electron chi connectivity index (χ3n) is 3.84. The van der Waals surface area contributed by atoms with Crippen molar-refractivity contribution < 1.29 is 9.90 Å². The maximum absolute atomic E-state index is 11.8. The van der Waals surface area contributed by atoms with E-state index in [1.807, 2.05) is 6.92 Å². The number of unbranched alkanes of at least 4 members (excludes halogenated alkanes) is 1. The molecular weight excluding hydrogens is 228 g/mol. The van der Waals surface area contributed by atoms with Gasteiger partial charge >= 0.3 is 0 Å². The molecule has 0 aliphatic rings. The van der Waals surface area contributed by atoms with Crippen LogP contribution in [0, 0.1) is 5.41 Å². The fraction of sp³-hybridized carbons (Fsp3) is 0.929. The lowest BCUT2D eigenvalue weighted by molar-refractivity contribution is -0.122. The number of carbonyl (C=O) groups is 1. The van der Waals surface area contributed by atoms with E-state index >= 15 is 0 Å². The minimum Gasteiger partial charge on any atom is -0.396 e. The first kappa shape index (κ1) is 17.4. The fourth-order valence-corrected chi connectivity index (χ4v) is 1.78. The van der Waals surface area contributed by atoms with E-state index in [4.69, 9.17) is 0 Å². The third-order valence-corrected chi connectivity index (χ3v) is 3.84. The molecule has 0 aromatic rings. The van der Waals surface area contributed by atoms with E-state index in [1.165, 1.54) is 0 Å². The summed E-state index contributed by atoms with van der Waals surface area (Å²) in [5, 5.41) is 15.6. The van der Waals surface area contributed by atoms with Crippen LogP contribution in [0.5, 0.6) is 0 Å². The summed E-state index contributed by atoms with van der Waals surface area (Å²) in [4.78, 5) is 11.8. The standard InChI is InChI=1S/C14H30N2O2/c1-5-8-9-15-13(18)12(4)16-10-14(6-2,7-3)11-17/h12,16-17H,5-11H2,1-4H3,(H,15,18). The van der Waals surface area contributed by atoms with E-state index in [2.05, 4.69) is 31.4 Å². The number of hydrogen-bond acceptors (Lipinski definition) is 3. The molecule has 4 heteroatoms. The van der Waals surface area contributed by atoms with Crippen LogP contribution in [-0.4, -0.2) is 36.8 Å². The van der Waals surface area contributed by atoms with Crippen LogP contribution in [0.25, 0.3) is 0 Å². The van der Waals surface area contributed by atoms with Crippen molar-refractivity contribution in [2.24, 2.45) is 5.41 Å². The van der Waals surface area contributed by atoms with Crippen molar-refractivity contribution in [3.05, 3.63) is 0 Å². The average molecular weight is 258 g/mol. The van der Waals surface area contributed by atoms with Crippen molar-refractivity contribution in [1.29, 1.82) is 0 Å². The second-order valence-electron chi connectivity index (χ2n) is 5.11. The predicted molar refractivity (Wildman–Crippen MR) is 75.5 cm³/mol. The molecule has 0 aromatic heterocycles. The zero-order valence-electron chi connectivity index (χ0n) is 12.4. The predicted octanol–water partition coefficient (Wildman–Crippen LogP) is 1.68. The van der Waals surface area contributed by atoms with Gasteiger partial charge in [-0.3, -0.25) is 4.79 Å². The molecule has 0 aromatic carbocycles. The second kappa shape index (κ2) is 9.34. The Morgan fingerprint density at radius 2 is 1.89 bits per heavy atom. The molecule has 0 spiro atoms. The highest BCUT2D eigenvalue weighted by Gasteiger charge is 2.26. The molecule has 0 bridgehead atoms. The lowest BCUT2D eigenvalue weighted by atomic mass is 9.83. The van der Waals surface area contributed by atoms with Crippen molar-refractivity contribution in [3.8, 4) is 0 Å². The minimum atomic E-state index is -0.203. The number of carbonyl (C=O) groups excluding carboxylic acids is 1. The summed E-state index contributed by atoms with van der Waals surface area (Å²) in [7, 11) is 0. The molecule has 0 rings (SSSR count). The SMILES string of the molecule is CCCCNC(=O)C(C)NCC(CC)(CC)CO. The van der Waals surface area contributed by atoms with Crippen LogP contribution >= 0.6 is 0 Å². The van der Waals surface area contributed by atoms with E-state index in [1.54, 1.807) is 0 Å². The molecule has 1 amide bonds. The quantitative estimate of drug-likeness (QED) is 0.522. The average Bonchev–Trinajstić information content (AvgIpc) is 2.40. The van der Waals surface area contributed by atoms with Crippen LogP contribution in [-0.2, 0) is 4.79 Å². The van der Waals surface area contributed by atoms with Gasteiger partial charge in [0.25, 0.3) is 0 Å². The Labute approximate surface area is 112 Å². The van der Waals surface area contributed by atoms with Crippen LogP contribution < -0.4 is 10.6 Å². The molecule has 0 aliphatic carbocycles. The smallest absolute Gasteiger partial charge is 0.236 e. The highest BCUT2D eigenvalue weighted by Crippen LogP contribution is 2.24. The van der Waals surface area contributed by atoms with Gasteiger partial charge in [-0.1, -0.05) is 27.2 Å².